The number of aromatic nitrogens is 2. The minimum atomic E-state index is -3.84. The van der Waals surface area contributed by atoms with Crippen LogP contribution in [0.1, 0.15) is 42.1 Å². The SMILES string of the molecule is CCCS(=O)(=O)N(Cc1ccc(OC)cc1)c1ccc(F)c(NC(=O)c2csc3c(NC4CC4)ncnc23)c1Cl. The zero-order valence-corrected chi connectivity index (χ0v) is 24.2. The van der Waals surface area contributed by atoms with Crippen LogP contribution in [0.2, 0.25) is 5.02 Å². The van der Waals surface area contributed by atoms with Crippen LogP contribution in [0.5, 0.6) is 5.75 Å². The lowest BCUT2D eigenvalue weighted by Gasteiger charge is -2.26. The lowest BCUT2D eigenvalue weighted by Crippen LogP contribution is -2.33. The minimum absolute atomic E-state index is 0.0477. The third-order valence-corrected chi connectivity index (χ3v) is 9.66. The van der Waals surface area contributed by atoms with Crippen molar-refractivity contribution in [1.82, 2.24) is 9.97 Å². The summed E-state index contributed by atoms with van der Waals surface area (Å²) in [4.78, 5) is 21.9. The maximum atomic E-state index is 15.1. The molecule has 0 unspecified atom stereocenters. The average Bonchev–Trinajstić information content (AvgIpc) is 3.64. The molecule has 0 bridgehead atoms. The van der Waals surface area contributed by atoms with Gasteiger partial charge in [-0.15, -0.1) is 11.3 Å². The van der Waals surface area contributed by atoms with Crippen molar-refractivity contribution < 1.29 is 22.3 Å². The Hall–Kier alpha value is -3.48. The third kappa shape index (κ3) is 5.84. The number of sulfonamides is 1. The maximum absolute atomic E-state index is 15.1. The smallest absolute Gasteiger partial charge is 0.258 e. The van der Waals surface area contributed by atoms with Crippen LogP contribution in [-0.2, 0) is 16.6 Å². The molecule has 210 valence electrons. The number of benzene rings is 2. The van der Waals surface area contributed by atoms with Gasteiger partial charge in [0.1, 0.15) is 23.7 Å². The molecule has 1 aliphatic carbocycles. The van der Waals surface area contributed by atoms with Crippen LogP contribution in [0.3, 0.4) is 0 Å². The van der Waals surface area contributed by atoms with Crippen LogP contribution in [0.25, 0.3) is 10.2 Å². The Morgan fingerprint density at radius 2 is 1.95 bits per heavy atom. The molecule has 2 aromatic heterocycles. The van der Waals surface area contributed by atoms with Gasteiger partial charge in [0.25, 0.3) is 5.91 Å². The number of rotatable bonds is 11. The molecule has 1 amide bonds. The van der Waals surface area contributed by atoms with E-state index in [2.05, 4.69) is 20.6 Å². The number of hydrogen-bond acceptors (Lipinski definition) is 8. The average molecular weight is 604 g/mol. The summed E-state index contributed by atoms with van der Waals surface area (Å²) >= 11 is 7.93. The standard InChI is InChI=1S/C27H27ClFN5O4S2/c1-3-12-40(36,37)34(13-16-4-8-18(38-2)9-5-16)21-11-10-20(29)24(22(21)28)33-27(35)19-14-39-25-23(19)30-15-31-26(25)32-17-6-7-17/h4-5,8-11,14-15,17H,3,6-7,12-13H2,1-2H3,(H,33,35)(H,30,31,32). The van der Waals surface area contributed by atoms with Gasteiger partial charge in [-0.1, -0.05) is 30.7 Å². The van der Waals surface area contributed by atoms with Crippen LogP contribution in [0, 0.1) is 5.82 Å². The molecule has 0 aliphatic heterocycles. The Kier molecular flexibility index (Phi) is 8.11. The fourth-order valence-corrected chi connectivity index (χ4v) is 7.00. The highest BCUT2D eigenvalue weighted by Gasteiger charge is 2.28. The number of ether oxygens (including phenoxy) is 1. The van der Waals surface area contributed by atoms with Crippen molar-refractivity contribution in [1.29, 1.82) is 0 Å². The van der Waals surface area contributed by atoms with E-state index in [-0.39, 0.29) is 34.3 Å². The summed E-state index contributed by atoms with van der Waals surface area (Å²) < 4.78 is 48.7. The largest absolute Gasteiger partial charge is 0.497 e. The zero-order chi connectivity index (χ0) is 28.4. The lowest BCUT2D eigenvalue weighted by atomic mass is 10.2. The van der Waals surface area contributed by atoms with Crippen molar-refractivity contribution >= 4 is 66.3 Å². The van der Waals surface area contributed by atoms with Crippen LogP contribution >= 0.6 is 22.9 Å². The molecule has 1 aliphatic rings. The first-order chi connectivity index (χ1) is 19.2. The quantitative estimate of drug-likeness (QED) is 0.214. The van der Waals surface area contributed by atoms with Crippen LogP contribution in [0.15, 0.2) is 48.1 Å². The number of amides is 1. The van der Waals surface area contributed by atoms with E-state index >= 15 is 4.39 Å². The van der Waals surface area contributed by atoms with Gasteiger partial charge in [-0.25, -0.2) is 22.8 Å². The summed E-state index contributed by atoms with van der Waals surface area (Å²) in [5.41, 5.74) is 1.07. The fourth-order valence-electron chi connectivity index (χ4n) is 4.16. The molecular weight excluding hydrogens is 577 g/mol. The lowest BCUT2D eigenvalue weighted by molar-refractivity contribution is 0.102. The van der Waals surface area contributed by atoms with Crippen LogP contribution in [-0.4, -0.2) is 43.2 Å². The van der Waals surface area contributed by atoms with E-state index in [1.165, 1.54) is 30.8 Å². The molecule has 1 fully saturated rings. The van der Waals surface area contributed by atoms with E-state index in [1.807, 2.05) is 0 Å². The predicted octanol–water partition coefficient (Wildman–Crippen LogP) is 6.07. The summed E-state index contributed by atoms with van der Waals surface area (Å²) in [5.74, 6) is -0.296. The molecule has 2 aromatic carbocycles. The second-order valence-electron chi connectivity index (χ2n) is 9.35. The van der Waals surface area contributed by atoms with Crippen LogP contribution < -0.4 is 19.7 Å². The molecule has 9 nitrogen and oxygen atoms in total. The first kappa shape index (κ1) is 28.1. The minimum Gasteiger partial charge on any atom is -0.497 e. The molecule has 2 heterocycles. The van der Waals surface area contributed by atoms with E-state index in [9.17, 15) is 13.2 Å². The number of hydrogen-bond donors (Lipinski definition) is 2. The number of fused-ring (bicyclic) bond motifs is 1. The molecule has 13 heteroatoms. The highest BCUT2D eigenvalue weighted by molar-refractivity contribution is 7.92. The van der Waals surface area contributed by atoms with Gasteiger partial charge in [0.2, 0.25) is 10.0 Å². The number of carbonyl (C=O) groups is 1. The number of nitrogens with one attached hydrogen (secondary N) is 2. The summed E-state index contributed by atoms with van der Waals surface area (Å²) in [6, 6.07) is 9.67. The molecule has 1 saturated carbocycles. The Morgan fingerprint density at radius 1 is 1.20 bits per heavy atom. The highest BCUT2D eigenvalue weighted by atomic mass is 35.5. The number of methoxy groups -OCH3 is 1. The highest BCUT2D eigenvalue weighted by Crippen LogP contribution is 2.39. The van der Waals surface area contributed by atoms with Gasteiger partial charge in [0.05, 0.1) is 51.6 Å². The summed E-state index contributed by atoms with van der Waals surface area (Å²) in [6.07, 6.45) is 3.86. The number of nitrogens with zero attached hydrogens (tertiary/aromatic N) is 3. The normalized spacial score (nSPS) is 13.3. The van der Waals surface area contributed by atoms with Crippen molar-refractivity contribution in [2.45, 2.75) is 38.8 Å². The molecule has 2 N–H and O–H groups in total. The predicted molar refractivity (Wildman–Crippen MR) is 157 cm³/mol. The molecule has 0 radical (unpaired) electrons. The molecular formula is C27H27ClFN5O4S2. The van der Waals surface area contributed by atoms with Crippen LogP contribution in [0.4, 0.5) is 21.6 Å². The Balaban J connectivity index is 1.48. The van der Waals surface area contributed by atoms with E-state index in [1.54, 1.807) is 36.6 Å². The summed E-state index contributed by atoms with van der Waals surface area (Å²) in [5, 5.41) is 7.27. The third-order valence-electron chi connectivity index (χ3n) is 6.38. The second kappa shape index (κ2) is 11.6. The molecule has 5 rings (SSSR count). The maximum Gasteiger partial charge on any atom is 0.258 e. The molecule has 4 aromatic rings. The fraction of sp³-hybridized carbons (Fsp3) is 0.296. The molecule has 0 atom stereocenters. The van der Waals surface area contributed by atoms with E-state index < -0.39 is 21.7 Å². The van der Waals surface area contributed by atoms with Gasteiger partial charge in [-0.3, -0.25) is 9.10 Å². The van der Waals surface area contributed by atoms with Crippen molar-refractivity contribution in [3.8, 4) is 5.75 Å². The number of halogens is 2. The van der Waals surface area contributed by atoms with Crippen molar-refractivity contribution in [3.05, 3.63) is 70.1 Å². The van der Waals surface area contributed by atoms with E-state index in [4.69, 9.17) is 16.3 Å². The first-order valence-electron chi connectivity index (χ1n) is 12.6. The number of carbonyl (C=O) groups excluding carboxylic acids is 1. The first-order valence-corrected chi connectivity index (χ1v) is 15.5. The Labute approximate surface area is 240 Å². The Morgan fingerprint density at radius 3 is 2.62 bits per heavy atom. The monoisotopic (exact) mass is 603 g/mol. The van der Waals surface area contributed by atoms with E-state index in [0.717, 1.165) is 27.9 Å². The second-order valence-corrected chi connectivity index (χ2v) is 12.6. The van der Waals surface area contributed by atoms with Crippen molar-refractivity contribution in [2.75, 3.05) is 27.8 Å². The Bertz CT molecular complexity index is 1660. The topological polar surface area (TPSA) is 114 Å². The van der Waals surface area contributed by atoms with Gasteiger partial charge in [0, 0.05) is 11.4 Å². The van der Waals surface area contributed by atoms with Crippen molar-refractivity contribution in [2.24, 2.45) is 0 Å². The number of thiophene rings is 1. The van der Waals surface area contributed by atoms with Gasteiger partial charge >= 0.3 is 0 Å². The van der Waals surface area contributed by atoms with Gasteiger partial charge in [-0.2, -0.15) is 0 Å². The van der Waals surface area contributed by atoms with Gasteiger partial charge < -0.3 is 15.4 Å². The van der Waals surface area contributed by atoms with E-state index in [0.29, 0.717) is 35.1 Å². The summed E-state index contributed by atoms with van der Waals surface area (Å²) in [7, 11) is -2.30. The number of anilines is 3. The summed E-state index contributed by atoms with van der Waals surface area (Å²) in [6.45, 7) is 1.70. The molecule has 0 saturated heterocycles. The molecule has 40 heavy (non-hydrogen) atoms. The molecule has 0 spiro atoms. The van der Waals surface area contributed by atoms with Gasteiger partial charge in [0.15, 0.2) is 0 Å². The van der Waals surface area contributed by atoms with Gasteiger partial charge in [-0.05, 0) is 49.1 Å². The van der Waals surface area contributed by atoms with Crippen molar-refractivity contribution in [3.63, 3.8) is 0 Å². The zero-order valence-electron chi connectivity index (χ0n) is 21.8.